The molecule has 0 saturated heterocycles. The largest absolute Gasteiger partial charge is 1.00 e. The van der Waals surface area contributed by atoms with Crippen molar-refractivity contribution in [2.45, 2.75) is 33.4 Å². The summed E-state index contributed by atoms with van der Waals surface area (Å²) in [5, 5.41) is 32.7. The van der Waals surface area contributed by atoms with Gasteiger partial charge in [0.05, 0.1) is 82.1 Å². The van der Waals surface area contributed by atoms with Crippen molar-refractivity contribution in [1.29, 1.82) is 0 Å². The van der Waals surface area contributed by atoms with Gasteiger partial charge in [-0.05, 0) is 109 Å². The molecule has 0 unspecified atom stereocenters. The average molecular weight is 1150 g/mol. The normalized spacial score (nSPS) is 12.1. The molecule has 6 aromatic rings. The van der Waals surface area contributed by atoms with E-state index in [9.17, 15) is 51.9 Å². The van der Waals surface area contributed by atoms with Gasteiger partial charge < -0.3 is 37.2 Å². The Labute approximate surface area is 525 Å². The summed E-state index contributed by atoms with van der Waals surface area (Å²) < 4.78 is 166. The standard InChI is InChI=1S/C44H40N8O16S4.4Na/c1-25-17-35(39(67-5)23-33(25)49-45-31-13-15-37(65-3)43(21-31)71(59,60)61)51-47-29-11-9-27(41(19-29)69(53,54)55)7-8-28-10-12-30(20-42(28)70(56,57)58)48-52-36-18-26(2)34(24-40(36)68-6)50-46-32-14-16-38(66-4)44(22-32)72(62,63)64;;;;/h7-24H,1-6H3,(H,53,54,55)(H,56,57,58)(H,59,60,61)(H,62,63,64);;;;/q;4*+1/p-4. The number of methoxy groups -OCH3 is 4. The summed E-state index contributed by atoms with van der Waals surface area (Å²) in [4.78, 5) is -2.78. The van der Waals surface area contributed by atoms with Crippen LogP contribution in [0.4, 0.5) is 45.5 Å². The van der Waals surface area contributed by atoms with Gasteiger partial charge in [0.2, 0.25) is 0 Å². The smallest absolute Gasteiger partial charge is 0.744 e. The van der Waals surface area contributed by atoms with Crippen LogP contribution >= 0.6 is 0 Å². The zero-order valence-electron chi connectivity index (χ0n) is 42.1. The van der Waals surface area contributed by atoms with E-state index in [-0.39, 0.29) is 198 Å². The van der Waals surface area contributed by atoms with Crippen LogP contribution in [0.5, 0.6) is 23.0 Å². The number of ether oxygens (including phenoxy) is 4. The van der Waals surface area contributed by atoms with Crippen LogP contribution in [0.25, 0.3) is 12.2 Å². The first-order valence-electron chi connectivity index (χ1n) is 20.0. The summed E-state index contributed by atoms with van der Waals surface area (Å²) in [5.74, 6) is -0.0856. The van der Waals surface area contributed by atoms with Crippen molar-refractivity contribution >= 4 is 98.1 Å². The Morgan fingerprint density at radius 2 is 0.605 bits per heavy atom. The Kier molecular flexibility index (Phi) is 26.1. The van der Waals surface area contributed by atoms with Crippen molar-refractivity contribution < 1.29 is 189 Å². The third kappa shape index (κ3) is 17.9. The summed E-state index contributed by atoms with van der Waals surface area (Å²) in [6.07, 6.45) is 2.21. The van der Waals surface area contributed by atoms with Crippen molar-refractivity contribution in [2.24, 2.45) is 40.9 Å². The molecule has 0 bridgehead atoms. The number of hydrogen-bond acceptors (Lipinski definition) is 24. The molecule has 0 aliphatic rings. The molecular weight excluding hydrogens is 1120 g/mol. The molecule has 0 heterocycles. The second-order valence-corrected chi connectivity index (χ2v) is 20.1. The summed E-state index contributed by atoms with van der Waals surface area (Å²) in [6, 6.07) is 20.0. The predicted octanol–water partition coefficient (Wildman–Crippen LogP) is -2.20. The van der Waals surface area contributed by atoms with Gasteiger partial charge in [-0.1, -0.05) is 24.3 Å². The molecule has 0 N–H and O–H groups in total. The van der Waals surface area contributed by atoms with Crippen LogP contribution in [0.2, 0.25) is 0 Å². The fourth-order valence-corrected chi connectivity index (χ4v) is 9.08. The van der Waals surface area contributed by atoms with Gasteiger partial charge in [0.1, 0.15) is 74.8 Å². The fraction of sp³-hybridized carbons (Fsp3) is 0.136. The van der Waals surface area contributed by atoms with Gasteiger partial charge in [0.25, 0.3) is 0 Å². The van der Waals surface area contributed by atoms with E-state index in [0.29, 0.717) is 11.1 Å². The van der Waals surface area contributed by atoms with Crippen LogP contribution in [0.3, 0.4) is 0 Å². The van der Waals surface area contributed by atoms with Crippen LogP contribution in [-0.2, 0) is 40.5 Å². The van der Waals surface area contributed by atoms with Crippen LogP contribution in [0.1, 0.15) is 22.3 Å². The summed E-state index contributed by atoms with van der Waals surface area (Å²) in [6.45, 7) is 3.27. The van der Waals surface area contributed by atoms with Gasteiger partial charge in [-0.3, -0.25) is 0 Å². The van der Waals surface area contributed by atoms with E-state index in [2.05, 4.69) is 40.9 Å². The predicted molar refractivity (Wildman–Crippen MR) is 252 cm³/mol. The van der Waals surface area contributed by atoms with Crippen molar-refractivity contribution in [2.75, 3.05) is 28.4 Å². The van der Waals surface area contributed by atoms with Crippen molar-refractivity contribution in [3.8, 4) is 23.0 Å². The number of benzene rings is 6. The second-order valence-electron chi connectivity index (χ2n) is 14.7. The Balaban J connectivity index is 0.00000494. The Morgan fingerprint density at radius 3 is 0.882 bits per heavy atom. The van der Waals surface area contributed by atoms with E-state index in [0.717, 1.165) is 36.4 Å². The molecule has 0 spiro atoms. The summed E-state index contributed by atoms with van der Waals surface area (Å²) in [7, 11) is -15.1. The summed E-state index contributed by atoms with van der Waals surface area (Å²) >= 11 is 0. The molecule has 6 aromatic carbocycles. The maximum absolute atomic E-state index is 12.5. The molecule has 0 fully saturated rings. The van der Waals surface area contributed by atoms with Crippen molar-refractivity contribution in [1.82, 2.24) is 0 Å². The molecule has 0 saturated carbocycles. The Bertz CT molecular complexity index is 3510. The van der Waals surface area contributed by atoms with E-state index >= 15 is 0 Å². The van der Waals surface area contributed by atoms with E-state index < -0.39 is 60.1 Å². The van der Waals surface area contributed by atoms with Crippen LogP contribution in [0, 0.1) is 13.8 Å². The molecule has 0 radical (unpaired) electrons. The SMILES string of the molecule is COc1cc(N=Nc2ccc(OC)c(S(=O)(=O)[O-])c2)c(C)cc1N=Nc1ccc(C=Cc2ccc(N=Nc3cc(C)c(N=Nc4ccc(OC)c(S(=O)(=O)[O-])c4)cc3OC)cc2S(=O)(=O)[O-])c(S(=O)(=O)[O-])c1.[Na+].[Na+].[Na+].[Na+]. The minimum atomic E-state index is -5.20. The van der Waals surface area contributed by atoms with Crippen molar-refractivity contribution in [3.05, 3.63) is 119 Å². The second kappa shape index (κ2) is 29.0. The van der Waals surface area contributed by atoms with Crippen LogP contribution in [-0.4, -0.2) is 80.3 Å². The maximum atomic E-state index is 12.5. The van der Waals surface area contributed by atoms with Gasteiger partial charge in [0, 0.05) is 12.1 Å². The fourth-order valence-electron chi connectivity index (χ4n) is 6.37. The molecule has 32 heteroatoms. The molecule has 0 aliphatic heterocycles. The monoisotopic (exact) mass is 1150 g/mol. The average Bonchev–Trinajstić information content (AvgIpc) is 3.32. The minimum Gasteiger partial charge on any atom is -0.744 e. The first-order chi connectivity index (χ1) is 33.8. The third-order valence-electron chi connectivity index (χ3n) is 9.90. The first kappa shape index (κ1) is 68.4. The quantitative estimate of drug-likeness (QED) is 0.0382. The number of aryl methyl sites for hydroxylation is 2. The summed E-state index contributed by atoms with van der Waals surface area (Å²) in [5.41, 5.74) is 1.21. The molecule has 6 rings (SSSR count). The topological polar surface area (TPSA) is 365 Å². The zero-order valence-corrected chi connectivity index (χ0v) is 53.4. The van der Waals surface area contributed by atoms with E-state index in [1.54, 1.807) is 13.8 Å². The maximum Gasteiger partial charge on any atom is 1.00 e. The molecule has 0 atom stereocenters. The number of nitrogens with zero attached hydrogens (tertiary/aromatic N) is 8. The minimum absolute atomic E-state index is 0. The number of azo groups is 4. The number of rotatable bonds is 18. The molecule has 0 amide bonds. The van der Waals surface area contributed by atoms with Crippen LogP contribution in [0.15, 0.2) is 158 Å². The molecule has 0 aliphatic carbocycles. The van der Waals surface area contributed by atoms with Gasteiger partial charge in [-0.2, -0.15) is 30.7 Å². The van der Waals surface area contributed by atoms with Crippen molar-refractivity contribution in [3.63, 3.8) is 0 Å². The van der Waals surface area contributed by atoms with Crippen LogP contribution < -0.4 is 137 Å². The molecule has 376 valence electrons. The third-order valence-corrected chi connectivity index (χ3v) is 13.4. The Hall–Kier alpha value is -3.70. The molecule has 76 heavy (non-hydrogen) atoms. The molecular formula is C44H36N8Na4O16S4. The number of hydrogen-bond donors (Lipinski definition) is 0. The Morgan fingerprint density at radius 1 is 0.342 bits per heavy atom. The van der Waals surface area contributed by atoms with Gasteiger partial charge in [-0.25, -0.2) is 33.7 Å². The van der Waals surface area contributed by atoms with E-state index in [1.165, 1.54) is 101 Å². The zero-order chi connectivity index (χ0) is 52.8. The first-order valence-corrected chi connectivity index (χ1v) is 25.7. The molecule has 0 aromatic heterocycles. The molecule has 24 nitrogen and oxygen atoms in total. The van der Waals surface area contributed by atoms with Gasteiger partial charge in [0.15, 0.2) is 0 Å². The van der Waals surface area contributed by atoms with E-state index in [4.69, 9.17) is 18.9 Å². The van der Waals surface area contributed by atoms with Gasteiger partial charge >= 0.3 is 118 Å². The van der Waals surface area contributed by atoms with Gasteiger partial charge in [-0.15, -0.1) is 10.2 Å². The van der Waals surface area contributed by atoms with E-state index in [1.807, 2.05) is 0 Å².